The minimum atomic E-state index is 0.0647. The van der Waals surface area contributed by atoms with Crippen molar-refractivity contribution in [2.24, 2.45) is 0 Å². The van der Waals surface area contributed by atoms with Gasteiger partial charge >= 0.3 is 0 Å². The molecule has 116 valence electrons. The molecule has 0 bridgehead atoms. The highest BCUT2D eigenvalue weighted by Gasteiger charge is 2.21. The van der Waals surface area contributed by atoms with Gasteiger partial charge in [-0.3, -0.25) is 9.69 Å². The summed E-state index contributed by atoms with van der Waals surface area (Å²) in [6.07, 6.45) is 4.55. The van der Waals surface area contributed by atoms with Crippen LogP contribution in [0.15, 0.2) is 24.3 Å². The number of carbonyl (C=O) groups is 1. The first-order chi connectivity index (χ1) is 10.1. The van der Waals surface area contributed by atoms with Gasteiger partial charge in [0.15, 0.2) is 0 Å². The molecule has 1 saturated heterocycles. The second-order valence-corrected chi connectivity index (χ2v) is 6.33. The fourth-order valence-corrected chi connectivity index (χ4v) is 3.06. The molecule has 2 rings (SSSR count). The van der Waals surface area contributed by atoms with Gasteiger partial charge in [-0.1, -0.05) is 37.1 Å². The van der Waals surface area contributed by atoms with Crippen LogP contribution in [0.25, 0.3) is 0 Å². The zero-order valence-electron chi connectivity index (χ0n) is 12.9. The average molecular weight is 309 g/mol. The van der Waals surface area contributed by atoms with Crippen molar-refractivity contribution in [3.8, 4) is 0 Å². The van der Waals surface area contributed by atoms with Gasteiger partial charge in [-0.25, -0.2) is 0 Å². The molecule has 0 spiro atoms. The monoisotopic (exact) mass is 308 g/mol. The molecule has 0 aliphatic carbocycles. The Morgan fingerprint density at radius 2 is 2.10 bits per heavy atom. The smallest absolute Gasteiger partial charge is 0.234 e. The molecule has 1 aliphatic rings. The van der Waals surface area contributed by atoms with Crippen LogP contribution >= 0.6 is 11.6 Å². The summed E-state index contributed by atoms with van der Waals surface area (Å²) in [6, 6.07) is 8.30. The number of piperidine rings is 1. The number of nitrogens with zero attached hydrogens (tertiary/aromatic N) is 1. The van der Waals surface area contributed by atoms with Gasteiger partial charge in [0.2, 0.25) is 5.91 Å². The highest BCUT2D eigenvalue weighted by Crippen LogP contribution is 2.20. The van der Waals surface area contributed by atoms with E-state index in [1.54, 1.807) is 0 Å². The van der Waals surface area contributed by atoms with Crippen LogP contribution in [0.2, 0.25) is 5.02 Å². The maximum Gasteiger partial charge on any atom is 0.234 e. The molecule has 1 heterocycles. The minimum Gasteiger partial charge on any atom is -0.348 e. The number of benzene rings is 1. The average Bonchev–Trinajstić information content (AvgIpc) is 2.48. The van der Waals surface area contributed by atoms with Crippen molar-refractivity contribution in [2.75, 3.05) is 13.1 Å². The van der Waals surface area contributed by atoms with E-state index in [4.69, 9.17) is 11.6 Å². The molecule has 0 saturated carbocycles. The summed E-state index contributed by atoms with van der Waals surface area (Å²) in [5.41, 5.74) is 1.11. The number of hydrogen-bond donors (Lipinski definition) is 1. The van der Waals surface area contributed by atoms with E-state index in [-0.39, 0.29) is 11.9 Å². The zero-order chi connectivity index (χ0) is 15.2. The highest BCUT2D eigenvalue weighted by atomic mass is 35.5. The molecule has 0 aromatic heterocycles. The van der Waals surface area contributed by atoms with E-state index < -0.39 is 0 Å². The van der Waals surface area contributed by atoms with Gasteiger partial charge in [0.05, 0.1) is 12.6 Å². The third-order valence-corrected chi connectivity index (χ3v) is 4.56. The Morgan fingerprint density at radius 3 is 2.71 bits per heavy atom. The van der Waals surface area contributed by atoms with Crippen molar-refractivity contribution in [3.63, 3.8) is 0 Å². The van der Waals surface area contributed by atoms with Crippen LogP contribution in [-0.4, -0.2) is 29.9 Å². The molecule has 1 N–H and O–H groups in total. The van der Waals surface area contributed by atoms with Crippen molar-refractivity contribution in [1.82, 2.24) is 10.2 Å². The maximum absolute atomic E-state index is 12.3. The fourth-order valence-electron chi connectivity index (χ4n) is 2.93. The number of nitrogens with one attached hydrogen (secondary N) is 1. The maximum atomic E-state index is 12.3. The summed E-state index contributed by atoms with van der Waals surface area (Å²) in [5.74, 6) is 0.116. The Morgan fingerprint density at radius 1 is 1.38 bits per heavy atom. The molecule has 1 aromatic carbocycles. The van der Waals surface area contributed by atoms with E-state index in [0.717, 1.165) is 23.6 Å². The van der Waals surface area contributed by atoms with Gasteiger partial charge < -0.3 is 5.32 Å². The number of hydrogen-bond acceptors (Lipinski definition) is 2. The molecule has 1 aliphatic heterocycles. The van der Waals surface area contributed by atoms with Crippen molar-refractivity contribution < 1.29 is 4.79 Å². The number of amides is 1. The largest absolute Gasteiger partial charge is 0.348 e. The van der Waals surface area contributed by atoms with E-state index in [1.807, 2.05) is 24.3 Å². The van der Waals surface area contributed by atoms with E-state index in [2.05, 4.69) is 24.1 Å². The summed E-state index contributed by atoms with van der Waals surface area (Å²) < 4.78 is 0. The van der Waals surface area contributed by atoms with Gasteiger partial charge in [-0.05, 0) is 50.4 Å². The second-order valence-electron chi connectivity index (χ2n) is 5.90. The third-order valence-electron chi connectivity index (χ3n) is 4.30. The van der Waals surface area contributed by atoms with Gasteiger partial charge in [0.1, 0.15) is 0 Å². The van der Waals surface area contributed by atoms with Crippen LogP contribution < -0.4 is 5.32 Å². The predicted octanol–water partition coefficient (Wildman–Crippen LogP) is 3.78. The molecule has 1 amide bonds. The number of likely N-dealkylation sites (tertiary alicyclic amines) is 1. The number of rotatable bonds is 5. The van der Waals surface area contributed by atoms with Gasteiger partial charge in [-0.15, -0.1) is 0 Å². The topological polar surface area (TPSA) is 32.3 Å². The summed E-state index contributed by atoms with van der Waals surface area (Å²) >= 11 is 5.92. The summed E-state index contributed by atoms with van der Waals surface area (Å²) in [5, 5.41) is 3.87. The Hall–Kier alpha value is -1.06. The highest BCUT2D eigenvalue weighted by molar-refractivity contribution is 6.30. The number of halogens is 1. The Labute approximate surface area is 132 Å². The molecule has 0 radical (unpaired) electrons. The molecule has 1 aromatic rings. The Bertz CT molecular complexity index is 460. The molecular formula is C17H25ClN2O. The summed E-state index contributed by atoms with van der Waals surface area (Å²) in [4.78, 5) is 14.6. The Kier molecular flexibility index (Phi) is 6.07. The van der Waals surface area contributed by atoms with Crippen LogP contribution in [0, 0.1) is 0 Å². The Balaban J connectivity index is 1.91. The molecular weight excluding hydrogens is 284 g/mol. The van der Waals surface area contributed by atoms with Crippen molar-refractivity contribution in [2.45, 2.75) is 51.6 Å². The van der Waals surface area contributed by atoms with Gasteiger partial charge in [0, 0.05) is 11.1 Å². The van der Waals surface area contributed by atoms with Crippen molar-refractivity contribution in [3.05, 3.63) is 34.9 Å². The van der Waals surface area contributed by atoms with Crippen molar-refractivity contribution >= 4 is 17.5 Å². The molecule has 1 fully saturated rings. The normalized spacial score (nSPS) is 21.0. The van der Waals surface area contributed by atoms with Crippen LogP contribution in [0.1, 0.15) is 51.1 Å². The van der Waals surface area contributed by atoms with Crippen LogP contribution in [0.4, 0.5) is 0 Å². The van der Waals surface area contributed by atoms with E-state index in [0.29, 0.717) is 12.6 Å². The first-order valence-corrected chi connectivity index (χ1v) is 8.26. The second kappa shape index (κ2) is 7.81. The van der Waals surface area contributed by atoms with Crippen molar-refractivity contribution in [1.29, 1.82) is 0 Å². The summed E-state index contributed by atoms with van der Waals surface area (Å²) in [7, 11) is 0. The van der Waals surface area contributed by atoms with E-state index in [1.165, 1.54) is 19.3 Å². The third kappa shape index (κ3) is 4.72. The van der Waals surface area contributed by atoms with Gasteiger partial charge in [0.25, 0.3) is 0 Å². The minimum absolute atomic E-state index is 0.0647. The molecule has 4 heteroatoms. The lowest BCUT2D eigenvalue weighted by Crippen LogP contribution is -2.44. The standard InChI is InChI=1S/C17H25ClN2O/c1-3-16(14-7-9-15(18)10-8-14)19-17(21)12-20-11-5-4-6-13(20)2/h7-10,13,16H,3-6,11-12H2,1-2H3,(H,19,21)/t13-,16-/m0/s1. The van der Waals surface area contributed by atoms with Gasteiger partial charge in [-0.2, -0.15) is 0 Å². The predicted molar refractivity (Wildman–Crippen MR) is 87.5 cm³/mol. The zero-order valence-corrected chi connectivity index (χ0v) is 13.7. The van der Waals surface area contributed by atoms with Crippen LogP contribution in [0.5, 0.6) is 0 Å². The SMILES string of the molecule is CC[C@H](NC(=O)CN1CCCC[C@@H]1C)c1ccc(Cl)cc1. The first-order valence-electron chi connectivity index (χ1n) is 7.89. The van der Waals surface area contributed by atoms with E-state index in [9.17, 15) is 4.79 Å². The lowest BCUT2D eigenvalue weighted by atomic mass is 10.0. The summed E-state index contributed by atoms with van der Waals surface area (Å²) in [6.45, 7) is 5.84. The lowest BCUT2D eigenvalue weighted by Gasteiger charge is -2.33. The molecule has 2 atom stereocenters. The van der Waals surface area contributed by atoms with Crippen LogP contribution in [0.3, 0.4) is 0 Å². The molecule has 21 heavy (non-hydrogen) atoms. The lowest BCUT2D eigenvalue weighted by molar-refractivity contribution is -0.123. The number of carbonyl (C=O) groups excluding carboxylic acids is 1. The fraction of sp³-hybridized carbons (Fsp3) is 0.588. The van der Waals surface area contributed by atoms with Crippen LogP contribution in [-0.2, 0) is 4.79 Å². The first kappa shape index (κ1) is 16.3. The molecule has 0 unspecified atom stereocenters. The quantitative estimate of drug-likeness (QED) is 0.897. The molecule has 3 nitrogen and oxygen atoms in total. The van der Waals surface area contributed by atoms with E-state index >= 15 is 0 Å².